The Morgan fingerprint density at radius 1 is 1.17 bits per heavy atom. The molecule has 18 heavy (non-hydrogen) atoms. The molecule has 1 aromatic carbocycles. The number of hydrogen-bond donors (Lipinski definition) is 1. The van der Waals surface area contributed by atoms with E-state index >= 15 is 0 Å². The molecular formula is C17H25N. The number of benzene rings is 1. The molecule has 2 atom stereocenters. The van der Waals surface area contributed by atoms with Gasteiger partial charge in [-0.25, -0.2) is 0 Å². The molecule has 1 aliphatic carbocycles. The summed E-state index contributed by atoms with van der Waals surface area (Å²) in [5, 5.41) is 3.57. The summed E-state index contributed by atoms with van der Waals surface area (Å²) in [4.78, 5) is 0. The van der Waals surface area contributed by atoms with E-state index in [0.29, 0.717) is 0 Å². The highest BCUT2D eigenvalue weighted by Crippen LogP contribution is 2.40. The molecular weight excluding hydrogens is 218 g/mol. The van der Waals surface area contributed by atoms with Gasteiger partial charge in [-0.2, -0.15) is 0 Å². The average Bonchev–Trinajstić information content (AvgIpc) is 2.46. The summed E-state index contributed by atoms with van der Waals surface area (Å²) < 4.78 is 0. The largest absolute Gasteiger partial charge is 0.385 e. The molecule has 0 bridgehead atoms. The summed E-state index contributed by atoms with van der Waals surface area (Å²) in [5.74, 6) is 1.73. The van der Waals surface area contributed by atoms with Gasteiger partial charge in [-0.3, -0.25) is 0 Å². The van der Waals surface area contributed by atoms with Crippen LogP contribution in [-0.4, -0.2) is 6.54 Å². The molecule has 1 heteroatoms. The number of hydrogen-bond acceptors (Lipinski definition) is 1. The fraction of sp³-hybridized carbons (Fsp3) is 0.647. The van der Waals surface area contributed by atoms with E-state index in [0.717, 1.165) is 18.4 Å². The maximum atomic E-state index is 3.57. The second kappa shape index (κ2) is 5.34. The molecule has 1 saturated carbocycles. The van der Waals surface area contributed by atoms with Crippen LogP contribution in [0.3, 0.4) is 0 Å². The first-order chi connectivity index (χ1) is 8.88. The Balaban J connectivity index is 1.86. The van der Waals surface area contributed by atoms with Crippen molar-refractivity contribution in [2.45, 2.75) is 57.8 Å². The lowest BCUT2D eigenvalue weighted by Crippen LogP contribution is -2.18. The standard InChI is InChI=1S/C17H25N/c1-2-13-6-3-4-8-16(13)15-10-9-14-7-5-11-18-17(14)12-15/h9-10,12-13,16,18H,2-8,11H2,1H3. The first-order valence-corrected chi connectivity index (χ1v) is 7.75. The smallest absolute Gasteiger partial charge is 0.0375 e. The molecule has 0 amide bonds. The lowest BCUT2D eigenvalue weighted by molar-refractivity contribution is 0.299. The van der Waals surface area contributed by atoms with Crippen LogP contribution >= 0.6 is 0 Å². The minimum atomic E-state index is 0.817. The van der Waals surface area contributed by atoms with Gasteiger partial charge < -0.3 is 5.32 Å². The maximum Gasteiger partial charge on any atom is 0.0375 e. The van der Waals surface area contributed by atoms with E-state index in [4.69, 9.17) is 0 Å². The molecule has 0 radical (unpaired) electrons. The van der Waals surface area contributed by atoms with Crippen molar-refractivity contribution in [3.8, 4) is 0 Å². The van der Waals surface area contributed by atoms with Gasteiger partial charge in [0, 0.05) is 12.2 Å². The van der Waals surface area contributed by atoms with Crippen LogP contribution in [0.25, 0.3) is 0 Å². The number of aryl methyl sites for hydroxylation is 1. The van der Waals surface area contributed by atoms with Crippen LogP contribution in [0, 0.1) is 5.92 Å². The summed E-state index contributed by atoms with van der Waals surface area (Å²) in [5.41, 5.74) is 4.53. The second-order valence-electron chi connectivity index (χ2n) is 6.01. The molecule has 0 aromatic heterocycles. The Hall–Kier alpha value is -0.980. The van der Waals surface area contributed by atoms with Gasteiger partial charge in [-0.1, -0.05) is 38.3 Å². The third-order valence-corrected chi connectivity index (χ3v) is 4.93. The zero-order valence-electron chi connectivity index (χ0n) is 11.5. The van der Waals surface area contributed by atoms with Crippen molar-refractivity contribution < 1.29 is 0 Å². The van der Waals surface area contributed by atoms with Crippen molar-refractivity contribution >= 4 is 5.69 Å². The molecule has 3 rings (SSSR count). The van der Waals surface area contributed by atoms with Crippen molar-refractivity contribution in [3.05, 3.63) is 29.3 Å². The van der Waals surface area contributed by atoms with Gasteiger partial charge in [0.05, 0.1) is 0 Å². The fourth-order valence-corrected chi connectivity index (χ4v) is 3.84. The molecule has 1 nitrogen and oxygen atoms in total. The van der Waals surface area contributed by atoms with Crippen LogP contribution in [-0.2, 0) is 6.42 Å². The van der Waals surface area contributed by atoms with E-state index in [1.54, 1.807) is 5.56 Å². The number of fused-ring (bicyclic) bond motifs is 1. The minimum Gasteiger partial charge on any atom is -0.385 e. The van der Waals surface area contributed by atoms with Crippen molar-refractivity contribution in [2.75, 3.05) is 11.9 Å². The summed E-state index contributed by atoms with van der Waals surface area (Å²) in [6.45, 7) is 3.51. The van der Waals surface area contributed by atoms with E-state index in [1.165, 1.54) is 56.2 Å². The van der Waals surface area contributed by atoms with Crippen molar-refractivity contribution in [1.82, 2.24) is 0 Å². The molecule has 2 aliphatic rings. The third kappa shape index (κ3) is 2.28. The van der Waals surface area contributed by atoms with Crippen molar-refractivity contribution in [2.24, 2.45) is 5.92 Å². The monoisotopic (exact) mass is 243 g/mol. The molecule has 1 aromatic rings. The zero-order valence-corrected chi connectivity index (χ0v) is 11.5. The normalized spacial score (nSPS) is 27.4. The number of nitrogens with one attached hydrogen (secondary N) is 1. The van der Waals surface area contributed by atoms with Crippen LogP contribution in [0.1, 0.15) is 62.5 Å². The molecule has 1 fully saturated rings. The van der Waals surface area contributed by atoms with Gasteiger partial charge in [-0.15, -0.1) is 0 Å². The maximum absolute atomic E-state index is 3.57. The quantitative estimate of drug-likeness (QED) is 0.792. The molecule has 2 unspecified atom stereocenters. The van der Waals surface area contributed by atoms with Crippen LogP contribution in [0.15, 0.2) is 18.2 Å². The van der Waals surface area contributed by atoms with Gasteiger partial charge in [0.1, 0.15) is 0 Å². The lowest BCUT2D eigenvalue weighted by Gasteiger charge is -2.32. The first-order valence-electron chi connectivity index (χ1n) is 7.75. The minimum absolute atomic E-state index is 0.817. The molecule has 1 heterocycles. The summed E-state index contributed by atoms with van der Waals surface area (Å²) in [6.07, 6.45) is 9.58. The molecule has 0 spiro atoms. The topological polar surface area (TPSA) is 12.0 Å². The molecule has 98 valence electrons. The van der Waals surface area contributed by atoms with Crippen molar-refractivity contribution in [1.29, 1.82) is 0 Å². The van der Waals surface area contributed by atoms with Crippen LogP contribution in [0.5, 0.6) is 0 Å². The lowest BCUT2D eigenvalue weighted by atomic mass is 9.74. The first kappa shape index (κ1) is 12.1. The van der Waals surface area contributed by atoms with Crippen LogP contribution in [0.2, 0.25) is 0 Å². The Bertz CT molecular complexity index is 410. The summed E-state index contributed by atoms with van der Waals surface area (Å²) >= 11 is 0. The number of rotatable bonds is 2. The highest BCUT2D eigenvalue weighted by Gasteiger charge is 2.25. The van der Waals surface area contributed by atoms with Gasteiger partial charge >= 0.3 is 0 Å². The number of anilines is 1. The van der Waals surface area contributed by atoms with Gasteiger partial charge in [-0.05, 0) is 54.7 Å². The van der Waals surface area contributed by atoms with E-state index in [-0.39, 0.29) is 0 Å². The second-order valence-corrected chi connectivity index (χ2v) is 6.01. The third-order valence-electron chi connectivity index (χ3n) is 4.93. The van der Waals surface area contributed by atoms with Gasteiger partial charge in [0.2, 0.25) is 0 Å². The fourth-order valence-electron chi connectivity index (χ4n) is 3.84. The van der Waals surface area contributed by atoms with Gasteiger partial charge in [0.15, 0.2) is 0 Å². The Labute approximate surface area is 111 Å². The van der Waals surface area contributed by atoms with Crippen molar-refractivity contribution in [3.63, 3.8) is 0 Å². The van der Waals surface area contributed by atoms with E-state index in [2.05, 4.69) is 30.4 Å². The molecule has 0 saturated heterocycles. The summed E-state index contributed by atoms with van der Waals surface area (Å²) in [7, 11) is 0. The zero-order chi connectivity index (χ0) is 12.4. The van der Waals surface area contributed by atoms with E-state index in [1.807, 2.05) is 0 Å². The van der Waals surface area contributed by atoms with Crippen LogP contribution < -0.4 is 5.32 Å². The molecule has 1 aliphatic heterocycles. The van der Waals surface area contributed by atoms with Crippen LogP contribution in [0.4, 0.5) is 5.69 Å². The molecule has 1 N–H and O–H groups in total. The average molecular weight is 243 g/mol. The highest BCUT2D eigenvalue weighted by molar-refractivity contribution is 5.55. The summed E-state index contributed by atoms with van der Waals surface area (Å²) in [6, 6.07) is 7.23. The Morgan fingerprint density at radius 3 is 2.94 bits per heavy atom. The highest BCUT2D eigenvalue weighted by atomic mass is 14.9. The predicted molar refractivity (Wildman–Crippen MR) is 78.2 cm³/mol. The van der Waals surface area contributed by atoms with E-state index < -0.39 is 0 Å². The SMILES string of the molecule is CCC1CCCCC1c1ccc2c(c1)NCCC2. The Morgan fingerprint density at radius 2 is 2.06 bits per heavy atom. The predicted octanol–water partition coefficient (Wildman–Crippen LogP) is 4.73. The Kier molecular flexibility index (Phi) is 3.58. The van der Waals surface area contributed by atoms with Gasteiger partial charge in [0.25, 0.3) is 0 Å². The van der Waals surface area contributed by atoms with E-state index in [9.17, 15) is 0 Å².